The third-order valence-corrected chi connectivity index (χ3v) is 4.44. The zero-order valence-electron chi connectivity index (χ0n) is 14.7. The highest BCUT2D eigenvalue weighted by molar-refractivity contribution is 6.31. The normalized spacial score (nSPS) is 12.0. The van der Waals surface area contributed by atoms with Gasteiger partial charge in [-0.3, -0.25) is 4.79 Å². The van der Waals surface area contributed by atoms with Crippen LogP contribution in [0.4, 0.5) is 0 Å². The summed E-state index contributed by atoms with van der Waals surface area (Å²) in [7, 11) is 0. The van der Waals surface area contributed by atoms with E-state index >= 15 is 0 Å². The molecule has 2 aromatic carbocycles. The van der Waals surface area contributed by atoms with Crippen molar-refractivity contribution in [3.8, 4) is 11.4 Å². The van der Waals surface area contributed by atoms with Gasteiger partial charge in [0.25, 0.3) is 0 Å². The van der Waals surface area contributed by atoms with Gasteiger partial charge in [-0.05, 0) is 25.5 Å². The van der Waals surface area contributed by atoms with E-state index in [-0.39, 0.29) is 18.4 Å². The van der Waals surface area contributed by atoms with Crippen LogP contribution in [-0.2, 0) is 11.2 Å². The molecule has 0 spiro atoms. The quantitative estimate of drug-likeness (QED) is 0.694. The summed E-state index contributed by atoms with van der Waals surface area (Å²) in [5, 5.41) is 7.56. The number of carbonyl (C=O) groups is 1. The summed E-state index contributed by atoms with van der Waals surface area (Å²) in [4.78, 5) is 16.5. The van der Waals surface area contributed by atoms with E-state index in [1.807, 2.05) is 62.4 Å². The average molecular weight is 370 g/mol. The number of amides is 1. The lowest BCUT2D eigenvalue weighted by molar-refractivity contribution is -0.121. The van der Waals surface area contributed by atoms with Crippen molar-refractivity contribution in [2.45, 2.75) is 32.7 Å². The smallest absolute Gasteiger partial charge is 0.227 e. The predicted octanol–water partition coefficient (Wildman–Crippen LogP) is 4.51. The van der Waals surface area contributed by atoms with E-state index in [1.165, 1.54) is 5.56 Å². The highest BCUT2D eigenvalue weighted by Crippen LogP contribution is 2.22. The molecule has 3 rings (SSSR count). The molecule has 134 valence electrons. The standard InChI is InChI=1S/C20H20ClN3O2/c1-13-7-9-15(10-8-13)20-23-19(26-24-20)12-11-18(25)22-14(2)16-5-3-4-6-17(16)21/h3-10,14H,11-12H2,1-2H3,(H,22,25). The van der Waals surface area contributed by atoms with E-state index in [4.69, 9.17) is 16.1 Å². The molecular formula is C20H20ClN3O2. The molecule has 1 amide bonds. The van der Waals surface area contributed by atoms with E-state index in [2.05, 4.69) is 15.5 Å². The largest absolute Gasteiger partial charge is 0.350 e. The molecule has 1 unspecified atom stereocenters. The summed E-state index contributed by atoms with van der Waals surface area (Å²) in [6.07, 6.45) is 0.657. The van der Waals surface area contributed by atoms with Crippen LogP contribution in [0, 0.1) is 6.92 Å². The molecule has 1 aromatic heterocycles. The van der Waals surface area contributed by atoms with Crippen LogP contribution < -0.4 is 5.32 Å². The van der Waals surface area contributed by atoms with Gasteiger partial charge in [0.15, 0.2) is 0 Å². The van der Waals surface area contributed by atoms with Crippen molar-refractivity contribution < 1.29 is 9.32 Å². The molecule has 6 heteroatoms. The summed E-state index contributed by atoms with van der Waals surface area (Å²) in [6, 6.07) is 15.2. The molecular weight excluding hydrogens is 350 g/mol. The molecule has 26 heavy (non-hydrogen) atoms. The van der Waals surface area contributed by atoms with Crippen molar-refractivity contribution in [2.75, 3.05) is 0 Å². The Morgan fingerprint density at radius 2 is 1.92 bits per heavy atom. The molecule has 1 atom stereocenters. The number of halogens is 1. The first-order chi connectivity index (χ1) is 12.5. The Hall–Kier alpha value is -2.66. The van der Waals surface area contributed by atoms with Gasteiger partial charge in [0, 0.05) is 23.4 Å². The first-order valence-corrected chi connectivity index (χ1v) is 8.84. The minimum Gasteiger partial charge on any atom is -0.350 e. The first kappa shape index (κ1) is 18.1. The molecule has 0 aliphatic heterocycles. The van der Waals surface area contributed by atoms with Crippen LogP contribution >= 0.6 is 11.6 Å². The van der Waals surface area contributed by atoms with Crippen molar-refractivity contribution in [1.82, 2.24) is 15.5 Å². The zero-order valence-corrected chi connectivity index (χ0v) is 15.5. The number of rotatable bonds is 6. The van der Waals surface area contributed by atoms with Gasteiger partial charge in [-0.1, -0.05) is 64.8 Å². The van der Waals surface area contributed by atoms with Crippen LogP contribution in [0.5, 0.6) is 0 Å². The number of benzene rings is 2. The third-order valence-electron chi connectivity index (χ3n) is 4.09. The Morgan fingerprint density at radius 1 is 1.19 bits per heavy atom. The highest BCUT2D eigenvalue weighted by atomic mass is 35.5. The van der Waals surface area contributed by atoms with E-state index in [1.54, 1.807) is 0 Å². The fourth-order valence-corrected chi connectivity index (χ4v) is 2.91. The van der Waals surface area contributed by atoms with Gasteiger partial charge >= 0.3 is 0 Å². The second-order valence-corrected chi connectivity index (χ2v) is 6.60. The van der Waals surface area contributed by atoms with Crippen LogP contribution in [0.15, 0.2) is 53.1 Å². The van der Waals surface area contributed by atoms with Crippen molar-refractivity contribution in [3.63, 3.8) is 0 Å². The van der Waals surface area contributed by atoms with Gasteiger partial charge in [0.1, 0.15) is 0 Å². The number of carbonyl (C=O) groups excluding carboxylic acids is 1. The van der Waals surface area contributed by atoms with E-state index in [9.17, 15) is 4.79 Å². The molecule has 0 radical (unpaired) electrons. The maximum atomic E-state index is 12.2. The van der Waals surface area contributed by atoms with Crippen molar-refractivity contribution >= 4 is 17.5 Å². The van der Waals surface area contributed by atoms with Crippen LogP contribution in [-0.4, -0.2) is 16.0 Å². The summed E-state index contributed by atoms with van der Waals surface area (Å²) >= 11 is 6.16. The Morgan fingerprint density at radius 3 is 2.65 bits per heavy atom. The van der Waals surface area contributed by atoms with Gasteiger partial charge in [-0.25, -0.2) is 0 Å². The molecule has 0 saturated heterocycles. The molecule has 1 heterocycles. The molecule has 3 aromatic rings. The van der Waals surface area contributed by atoms with Gasteiger partial charge < -0.3 is 9.84 Å². The molecule has 0 fully saturated rings. The van der Waals surface area contributed by atoms with E-state index < -0.39 is 0 Å². The van der Waals surface area contributed by atoms with Crippen molar-refractivity contribution in [3.05, 3.63) is 70.6 Å². The zero-order chi connectivity index (χ0) is 18.5. The van der Waals surface area contributed by atoms with Gasteiger partial charge in [-0.15, -0.1) is 0 Å². The number of nitrogens with one attached hydrogen (secondary N) is 1. The Balaban J connectivity index is 1.55. The first-order valence-electron chi connectivity index (χ1n) is 8.46. The molecule has 0 aliphatic carbocycles. The second-order valence-electron chi connectivity index (χ2n) is 6.19. The Labute approximate surface area is 157 Å². The Bertz CT molecular complexity index is 890. The molecule has 0 saturated carbocycles. The SMILES string of the molecule is Cc1ccc(-c2noc(CCC(=O)NC(C)c3ccccc3Cl)n2)cc1. The molecule has 0 aliphatic rings. The third kappa shape index (κ3) is 4.49. The molecule has 5 nitrogen and oxygen atoms in total. The summed E-state index contributed by atoms with van der Waals surface area (Å²) in [5.41, 5.74) is 2.95. The Kier molecular flexibility index (Phi) is 5.68. The lowest BCUT2D eigenvalue weighted by Gasteiger charge is -2.15. The van der Waals surface area contributed by atoms with Crippen LogP contribution in [0.1, 0.15) is 36.4 Å². The summed E-state index contributed by atoms with van der Waals surface area (Å²) in [6.45, 7) is 3.93. The number of aryl methyl sites for hydroxylation is 2. The highest BCUT2D eigenvalue weighted by Gasteiger charge is 2.14. The molecule has 1 N–H and O–H groups in total. The van der Waals surface area contributed by atoms with Crippen LogP contribution in [0.25, 0.3) is 11.4 Å². The van der Waals surface area contributed by atoms with E-state index in [0.29, 0.717) is 23.2 Å². The van der Waals surface area contributed by atoms with Gasteiger partial charge in [0.05, 0.1) is 6.04 Å². The minimum atomic E-state index is -0.165. The monoisotopic (exact) mass is 369 g/mol. The fourth-order valence-electron chi connectivity index (χ4n) is 2.61. The average Bonchev–Trinajstić information content (AvgIpc) is 3.10. The summed E-state index contributed by atoms with van der Waals surface area (Å²) in [5.74, 6) is 0.887. The topological polar surface area (TPSA) is 68.0 Å². The van der Waals surface area contributed by atoms with Gasteiger partial charge in [-0.2, -0.15) is 4.98 Å². The lowest BCUT2D eigenvalue weighted by atomic mass is 10.1. The number of hydrogen-bond acceptors (Lipinski definition) is 4. The van der Waals surface area contributed by atoms with Crippen LogP contribution in [0.2, 0.25) is 5.02 Å². The van der Waals surface area contributed by atoms with Crippen molar-refractivity contribution in [1.29, 1.82) is 0 Å². The minimum absolute atomic E-state index is 0.0903. The number of hydrogen-bond donors (Lipinski definition) is 1. The second kappa shape index (κ2) is 8.15. The lowest BCUT2D eigenvalue weighted by Crippen LogP contribution is -2.27. The fraction of sp³-hybridized carbons (Fsp3) is 0.250. The number of aromatic nitrogens is 2. The maximum absolute atomic E-state index is 12.2. The maximum Gasteiger partial charge on any atom is 0.227 e. The van der Waals surface area contributed by atoms with Gasteiger partial charge in [0.2, 0.25) is 17.6 Å². The number of nitrogens with zero attached hydrogens (tertiary/aromatic N) is 2. The van der Waals surface area contributed by atoms with Crippen molar-refractivity contribution in [2.24, 2.45) is 0 Å². The van der Waals surface area contributed by atoms with E-state index in [0.717, 1.165) is 11.1 Å². The predicted molar refractivity (Wildman–Crippen MR) is 101 cm³/mol. The summed E-state index contributed by atoms with van der Waals surface area (Å²) < 4.78 is 5.25. The molecule has 0 bridgehead atoms. The van der Waals surface area contributed by atoms with Crippen LogP contribution in [0.3, 0.4) is 0 Å².